The number of hydrogen-bond acceptors (Lipinski definition) is 6. The van der Waals surface area contributed by atoms with E-state index in [0.717, 1.165) is 43.3 Å². The molecule has 0 radical (unpaired) electrons. The molecule has 0 amide bonds. The number of nitrogens with two attached hydrogens (primary N) is 1. The van der Waals surface area contributed by atoms with Crippen LogP contribution in [0.5, 0.6) is 0 Å². The molecule has 0 bridgehead atoms. The van der Waals surface area contributed by atoms with Crippen molar-refractivity contribution in [2.45, 2.75) is 33.1 Å². The molecule has 0 aliphatic heterocycles. The fraction of sp³-hybridized carbons (Fsp3) is 0.714. The van der Waals surface area contributed by atoms with Gasteiger partial charge in [-0.1, -0.05) is 13.8 Å². The Bertz CT molecular complexity index is 405. The molecule has 0 saturated heterocycles. The first-order valence-electron chi connectivity index (χ1n) is 7.22. The van der Waals surface area contributed by atoms with E-state index in [2.05, 4.69) is 60.1 Å². The molecule has 6 heteroatoms. The quantitative estimate of drug-likeness (QED) is 0.557. The fourth-order valence-corrected chi connectivity index (χ4v) is 2.28. The monoisotopic (exact) mass is 280 g/mol. The minimum atomic E-state index is 0.320. The van der Waals surface area contributed by atoms with Crippen LogP contribution in [-0.2, 0) is 0 Å². The number of nitrogens with zero attached hydrogens (tertiary/aromatic N) is 4. The van der Waals surface area contributed by atoms with E-state index in [1.165, 1.54) is 0 Å². The molecule has 20 heavy (non-hydrogen) atoms. The molecule has 0 aromatic carbocycles. The van der Waals surface area contributed by atoms with Gasteiger partial charge in [-0.25, -0.2) is 15.8 Å². The van der Waals surface area contributed by atoms with Crippen LogP contribution in [-0.4, -0.2) is 48.6 Å². The molecule has 1 rings (SSSR count). The summed E-state index contributed by atoms with van der Waals surface area (Å²) >= 11 is 0. The van der Waals surface area contributed by atoms with Crippen molar-refractivity contribution in [1.29, 1.82) is 0 Å². The number of anilines is 2. The summed E-state index contributed by atoms with van der Waals surface area (Å²) in [4.78, 5) is 13.2. The van der Waals surface area contributed by atoms with Crippen LogP contribution in [0.25, 0.3) is 0 Å². The van der Waals surface area contributed by atoms with Gasteiger partial charge in [0.15, 0.2) is 0 Å². The summed E-state index contributed by atoms with van der Waals surface area (Å²) in [5.41, 5.74) is 3.77. The third-order valence-corrected chi connectivity index (χ3v) is 3.29. The first kappa shape index (κ1) is 16.7. The molecular formula is C14H28N6. The first-order valence-corrected chi connectivity index (χ1v) is 7.22. The van der Waals surface area contributed by atoms with Gasteiger partial charge in [0, 0.05) is 18.7 Å². The third-order valence-electron chi connectivity index (χ3n) is 3.29. The van der Waals surface area contributed by atoms with Crippen LogP contribution in [0.1, 0.15) is 38.7 Å². The highest BCUT2D eigenvalue weighted by molar-refractivity contribution is 5.59. The van der Waals surface area contributed by atoms with Crippen LogP contribution in [0.3, 0.4) is 0 Å². The van der Waals surface area contributed by atoms with Crippen molar-refractivity contribution in [3.05, 3.63) is 11.9 Å². The van der Waals surface area contributed by atoms with Crippen LogP contribution in [0.2, 0.25) is 0 Å². The van der Waals surface area contributed by atoms with Crippen molar-refractivity contribution >= 4 is 11.6 Å². The fourth-order valence-electron chi connectivity index (χ4n) is 2.28. The van der Waals surface area contributed by atoms with Gasteiger partial charge in [-0.2, -0.15) is 0 Å². The van der Waals surface area contributed by atoms with E-state index in [9.17, 15) is 0 Å². The molecule has 0 aliphatic carbocycles. The molecule has 114 valence electrons. The zero-order valence-electron chi connectivity index (χ0n) is 13.3. The highest BCUT2D eigenvalue weighted by Crippen LogP contribution is 2.30. The number of rotatable bonds is 8. The topological polar surface area (TPSA) is 70.3 Å². The predicted octanol–water partition coefficient (Wildman–Crippen LogP) is 1.66. The SMILES string of the molecule is CCN(CCCN(C)C)c1ncnc(NN)c1C(C)C. The van der Waals surface area contributed by atoms with Gasteiger partial charge in [0.2, 0.25) is 0 Å². The molecule has 1 aromatic heterocycles. The van der Waals surface area contributed by atoms with E-state index >= 15 is 0 Å². The Morgan fingerprint density at radius 2 is 1.95 bits per heavy atom. The zero-order chi connectivity index (χ0) is 15.1. The summed E-state index contributed by atoms with van der Waals surface area (Å²) in [6, 6.07) is 0. The number of hydrazine groups is 1. The van der Waals surface area contributed by atoms with Crippen LogP contribution in [0, 0.1) is 0 Å². The van der Waals surface area contributed by atoms with Gasteiger partial charge in [-0.15, -0.1) is 0 Å². The van der Waals surface area contributed by atoms with Gasteiger partial charge in [0.05, 0.1) is 0 Å². The van der Waals surface area contributed by atoms with Gasteiger partial charge < -0.3 is 15.2 Å². The lowest BCUT2D eigenvalue weighted by atomic mass is 10.0. The average Bonchev–Trinajstić information content (AvgIpc) is 2.42. The molecule has 1 heterocycles. The van der Waals surface area contributed by atoms with E-state index in [0.29, 0.717) is 5.92 Å². The summed E-state index contributed by atoms with van der Waals surface area (Å²) in [7, 11) is 4.19. The smallest absolute Gasteiger partial charge is 0.148 e. The van der Waals surface area contributed by atoms with Crippen molar-refractivity contribution in [2.75, 3.05) is 44.1 Å². The largest absolute Gasteiger partial charge is 0.356 e. The van der Waals surface area contributed by atoms with Crippen LogP contribution in [0.4, 0.5) is 11.6 Å². The predicted molar refractivity (Wildman–Crippen MR) is 85.0 cm³/mol. The van der Waals surface area contributed by atoms with E-state index in [4.69, 9.17) is 5.84 Å². The Balaban J connectivity index is 2.96. The second-order valence-corrected chi connectivity index (χ2v) is 5.50. The van der Waals surface area contributed by atoms with Gasteiger partial charge in [-0.3, -0.25) is 0 Å². The van der Waals surface area contributed by atoms with E-state index < -0.39 is 0 Å². The van der Waals surface area contributed by atoms with Gasteiger partial charge in [-0.05, 0) is 39.9 Å². The molecule has 0 unspecified atom stereocenters. The standard InChI is InChI=1S/C14H28N6/c1-6-20(9-7-8-19(4)5)14-12(11(2)3)13(18-15)16-10-17-14/h10-11H,6-9,15H2,1-5H3,(H,16,17,18). The van der Waals surface area contributed by atoms with Crippen molar-refractivity contribution in [2.24, 2.45) is 5.84 Å². The van der Waals surface area contributed by atoms with Crippen molar-refractivity contribution in [3.63, 3.8) is 0 Å². The minimum Gasteiger partial charge on any atom is -0.356 e. The number of nitrogens with one attached hydrogen (secondary N) is 1. The first-order chi connectivity index (χ1) is 9.51. The van der Waals surface area contributed by atoms with Crippen molar-refractivity contribution in [1.82, 2.24) is 14.9 Å². The molecule has 0 saturated carbocycles. The van der Waals surface area contributed by atoms with Gasteiger partial charge >= 0.3 is 0 Å². The van der Waals surface area contributed by atoms with Crippen molar-refractivity contribution < 1.29 is 0 Å². The summed E-state index contributed by atoms with van der Waals surface area (Å²) in [6.07, 6.45) is 2.68. The summed E-state index contributed by atoms with van der Waals surface area (Å²) in [5, 5.41) is 0. The second-order valence-electron chi connectivity index (χ2n) is 5.50. The zero-order valence-corrected chi connectivity index (χ0v) is 13.3. The lowest BCUT2D eigenvalue weighted by molar-refractivity contribution is 0.400. The Labute approximate surface area is 122 Å². The normalized spacial score (nSPS) is 11.2. The van der Waals surface area contributed by atoms with Gasteiger partial charge in [0.25, 0.3) is 0 Å². The summed E-state index contributed by atoms with van der Waals surface area (Å²) < 4.78 is 0. The van der Waals surface area contributed by atoms with E-state index in [1.807, 2.05) is 0 Å². The summed E-state index contributed by atoms with van der Waals surface area (Å²) in [5.74, 6) is 7.60. The maximum Gasteiger partial charge on any atom is 0.148 e. The minimum absolute atomic E-state index is 0.320. The Hall–Kier alpha value is -1.40. The maximum absolute atomic E-state index is 5.57. The lowest BCUT2D eigenvalue weighted by Gasteiger charge is -2.27. The highest BCUT2D eigenvalue weighted by Gasteiger charge is 2.18. The Morgan fingerprint density at radius 1 is 1.25 bits per heavy atom. The third kappa shape index (κ3) is 4.31. The lowest BCUT2D eigenvalue weighted by Crippen LogP contribution is -2.29. The second kappa shape index (κ2) is 8.01. The molecule has 1 aromatic rings. The van der Waals surface area contributed by atoms with Gasteiger partial charge in [0.1, 0.15) is 18.0 Å². The molecule has 0 spiro atoms. The maximum atomic E-state index is 5.57. The van der Waals surface area contributed by atoms with E-state index in [1.54, 1.807) is 6.33 Å². The number of hydrogen-bond donors (Lipinski definition) is 2. The number of nitrogen functional groups attached to an aromatic ring is 1. The molecule has 0 aliphatic rings. The molecule has 0 fully saturated rings. The Morgan fingerprint density at radius 3 is 2.45 bits per heavy atom. The van der Waals surface area contributed by atoms with Crippen LogP contribution < -0.4 is 16.2 Å². The molecular weight excluding hydrogens is 252 g/mol. The van der Waals surface area contributed by atoms with Crippen LogP contribution in [0.15, 0.2) is 6.33 Å². The van der Waals surface area contributed by atoms with Crippen molar-refractivity contribution in [3.8, 4) is 0 Å². The summed E-state index contributed by atoms with van der Waals surface area (Å²) in [6.45, 7) is 9.40. The molecule has 6 nitrogen and oxygen atoms in total. The molecule has 0 atom stereocenters. The average molecular weight is 280 g/mol. The highest BCUT2D eigenvalue weighted by atomic mass is 15.3. The number of aromatic nitrogens is 2. The Kier molecular flexibility index (Phi) is 6.67. The van der Waals surface area contributed by atoms with E-state index in [-0.39, 0.29) is 0 Å². The van der Waals surface area contributed by atoms with Crippen LogP contribution >= 0.6 is 0 Å². The molecule has 3 N–H and O–H groups in total.